The number of carbonyl (C=O) groups excluding carboxylic acids is 1. The van der Waals surface area contributed by atoms with E-state index in [0.717, 1.165) is 10.1 Å². The first-order valence-corrected chi connectivity index (χ1v) is 8.30. The van der Waals surface area contributed by atoms with Crippen LogP contribution in [0.1, 0.15) is 31.7 Å². The third kappa shape index (κ3) is 4.31. The summed E-state index contributed by atoms with van der Waals surface area (Å²) in [6.07, 6.45) is 0.444. The van der Waals surface area contributed by atoms with Crippen LogP contribution in [0.4, 0.5) is 5.13 Å². The van der Waals surface area contributed by atoms with Gasteiger partial charge in [0.2, 0.25) is 11.0 Å². The molecule has 4 nitrogen and oxygen atoms in total. The summed E-state index contributed by atoms with van der Waals surface area (Å²) in [5.41, 5.74) is 1.17. The number of hydrogen-bond donors (Lipinski definition) is 1. The van der Waals surface area contributed by atoms with E-state index in [4.69, 9.17) is 0 Å². The molecule has 106 valence electrons. The van der Waals surface area contributed by atoms with Crippen LogP contribution in [0.25, 0.3) is 0 Å². The van der Waals surface area contributed by atoms with Crippen LogP contribution in [0.15, 0.2) is 34.7 Å². The molecule has 0 fully saturated rings. The Morgan fingerprint density at radius 1 is 1.35 bits per heavy atom. The third-order valence-electron chi connectivity index (χ3n) is 2.78. The van der Waals surface area contributed by atoms with E-state index in [0.29, 0.717) is 11.6 Å². The second-order valence-corrected chi connectivity index (χ2v) is 6.86. The molecule has 0 radical (unpaired) electrons. The van der Waals surface area contributed by atoms with Crippen LogP contribution in [0, 0.1) is 0 Å². The fourth-order valence-corrected chi connectivity index (χ4v) is 3.46. The van der Waals surface area contributed by atoms with Crippen LogP contribution in [-0.4, -0.2) is 21.9 Å². The molecule has 0 saturated carbocycles. The molecule has 1 N–H and O–H groups in total. The molecule has 1 aromatic heterocycles. The van der Waals surface area contributed by atoms with Crippen molar-refractivity contribution in [2.24, 2.45) is 0 Å². The summed E-state index contributed by atoms with van der Waals surface area (Å²) in [4.78, 5) is 12.0. The molecule has 1 heterocycles. The number of rotatable bonds is 6. The topological polar surface area (TPSA) is 54.9 Å². The van der Waals surface area contributed by atoms with E-state index in [-0.39, 0.29) is 11.8 Å². The van der Waals surface area contributed by atoms with Gasteiger partial charge in [0.15, 0.2) is 4.34 Å². The zero-order chi connectivity index (χ0) is 14.4. The Bertz CT molecular complexity index is 557. The number of hydrogen-bond acceptors (Lipinski definition) is 5. The molecule has 20 heavy (non-hydrogen) atoms. The molecule has 1 amide bonds. The van der Waals surface area contributed by atoms with Gasteiger partial charge in [-0.1, -0.05) is 67.3 Å². The number of benzene rings is 1. The van der Waals surface area contributed by atoms with E-state index >= 15 is 0 Å². The van der Waals surface area contributed by atoms with Gasteiger partial charge in [-0.15, -0.1) is 10.2 Å². The Morgan fingerprint density at radius 3 is 2.80 bits per heavy atom. The number of nitrogens with zero attached hydrogens (tertiary/aromatic N) is 2. The molecule has 0 bridgehead atoms. The Labute approximate surface area is 127 Å². The van der Waals surface area contributed by atoms with Crippen molar-refractivity contribution < 1.29 is 4.79 Å². The molecule has 2 rings (SSSR count). The van der Waals surface area contributed by atoms with E-state index in [2.05, 4.69) is 22.4 Å². The molecule has 2 aromatic rings. The average Bonchev–Trinajstić information content (AvgIpc) is 2.87. The van der Waals surface area contributed by atoms with Crippen molar-refractivity contribution in [3.8, 4) is 0 Å². The van der Waals surface area contributed by atoms with Gasteiger partial charge in [-0.05, 0) is 17.2 Å². The Balaban J connectivity index is 1.88. The number of anilines is 1. The Kier molecular flexibility index (Phi) is 5.55. The summed E-state index contributed by atoms with van der Waals surface area (Å²) in [6, 6.07) is 10.0. The SMILES string of the molecule is CCSc1nnc(NC(=O)C[C@@H](C)c2ccccc2)s1. The predicted molar refractivity (Wildman–Crippen MR) is 84.4 cm³/mol. The lowest BCUT2D eigenvalue weighted by Gasteiger charge is -2.10. The molecule has 1 atom stereocenters. The van der Waals surface area contributed by atoms with Gasteiger partial charge in [-0.3, -0.25) is 4.79 Å². The first kappa shape index (κ1) is 15.0. The average molecular weight is 307 g/mol. The molecular formula is C14H17N3OS2. The van der Waals surface area contributed by atoms with Crippen molar-refractivity contribution in [2.75, 3.05) is 11.1 Å². The van der Waals surface area contributed by atoms with E-state index < -0.39 is 0 Å². The van der Waals surface area contributed by atoms with Gasteiger partial charge in [0.25, 0.3) is 0 Å². The van der Waals surface area contributed by atoms with Crippen LogP contribution in [0.3, 0.4) is 0 Å². The summed E-state index contributed by atoms with van der Waals surface area (Å²) in [7, 11) is 0. The highest BCUT2D eigenvalue weighted by atomic mass is 32.2. The lowest BCUT2D eigenvalue weighted by molar-refractivity contribution is -0.116. The molecule has 0 aliphatic rings. The minimum atomic E-state index is -0.0226. The number of carbonyl (C=O) groups is 1. The van der Waals surface area contributed by atoms with Crippen LogP contribution in [0.5, 0.6) is 0 Å². The van der Waals surface area contributed by atoms with Gasteiger partial charge in [-0.2, -0.15) is 0 Å². The minimum absolute atomic E-state index is 0.0226. The third-order valence-corrected chi connectivity index (χ3v) is 4.63. The van der Waals surface area contributed by atoms with Gasteiger partial charge >= 0.3 is 0 Å². The van der Waals surface area contributed by atoms with Gasteiger partial charge in [0.1, 0.15) is 0 Å². The molecule has 0 aliphatic heterocycles. The fraction of sp³-hybridized carbons (Fsp3) is 0.357. The van der Waals surface area contributed by atoms with E-state index in [9.17, 15) is 4.79 Å². The summed E-state index contributed by atoms with van der Waals surface area (Å²) in [6.45, 7) is 4.11. The largest absolute Gasteiger partial charge is 0.300 e. The van der Waals surface area contributed by atoms with E-state index in [1.807, 2.05) is 37.3 Å². The van der Waals surface area contributed by atoms with Gasteiger partial charge in [0.05, 0.1) is 0 Å². The monoisotopic (exact) mass is 307 g/mol. The van der Waals surface area contributed by atoms with E-state index in [1.165, 1.54) is 16.9 Å². The summed E-state index contributed by atoms with van der Waals surface area (Å²) >= 11 is 3.05. The smallest absolute Gasteiger partial charge is 0.226 e. The van der Waals surface area contributed by atoms with Crippen LogP contribution >= 0.6 is 23.1 Å². The lowest BCUT2D eigenvalue weighted by atomic mass is 9.98. The maximum Gasteiger partial charge on any atom is 0.226 e. The molecule has 0 aliphatic carbocycles. The van der Waals surface area contributed by atoms with Gasteiger partial charge < -0.3 is 5.32 Å². The molecule has 0 spiro atoms. The molecular weight excluding hydrogens is 290 g/mol. The zero-order valence-corrected chi connectivity index (χ0v) is 13.1. The van der Waals surface area contributed by atoms with Gasteiger partial charge in [0, 0.05) is 6.42 Å². The standard InChI is InChI=1S/C14H17N3OS2/c1-3-19-14-17-16-13(20-14)15-12(18)9-10(2)11-7-5-4-6-8-11/h4-8,10H,3,9H2,1-2H3,(H,15,16,18)/t10-/m1/s1. The van der Waals surface area contributed by atoms with Crippen molar-refractivity contribution in [3.63, 3.8) is 0 Å². The van der Waals surface area contributed by atoms with Crippen molar-refractivity contribution in [1.82, 2.24) is 10.2 Å². The van der Waals surface area contributed by atoms with Crippen molar-refractivity contribution in [2.45, 2.75) is 30.5 Å². The van der Waals surface area contributed by atoms with Crippen LogP contribution < -0.4 is 5.32 Å². The Morgan fingerprint density at radius 2 is 2.10 bits per heavy atom. The normalized spacial score (nSPS) is 12.1. The summed E-state index contributed by atoms with van der Waals surface area (Å²) in [5.74, 6) is 1.12. The minimum Gasteiger partial charge on any atom is -0.300 e. The number of aromatic nitrogens is 2. The summed E-state index contributed by atoms with van der Waals surface area (Å²) in [5, 5.41) is 11.4. The quantitative estimate of drug-likeness (QED) is 0.652. The van der Waals surface area contributed by atoms with Crippen LogP contribution in [-0.2, 0) is 4.79 Å². The first-order chi connectivity index (χ1) is 9.69. The van der Waals surface area contributed by atoms with Gasteiger partial charge in [-0.25, -0.2) is 0 Å². The highest BCUT2D eigenvalue weighted by molar-refractivity contribution is 8.01. The summed E-state index contributed by atoms with van der Waals surface area (Å²) < 4.78 is 0.888. The van der Waals surface area contributed by atoms with Crippen molar-refractivity contribution >= 4 is 34.1 Å². The molecule has 6 heteroatoms. The zero-order valence-electron chi connectivity index (χ0n) is 11.5. The molecule has 0 unspecified atom stereocenters. The number of nitrogens with one attached hydrogen (secondary N) is 1. The highest BCUT2D eigenvalue weighted by Gasteiger charge is 2.13. The Hall–Kier alpha value is -1.40. The van der Waals surface area contributed by atoms with E-state index in [1.54, 1.807) is 11.8 Å². The first-order valence-electron chi connectivity index (χ1n) is 6.50. The molecule has 0 saturated heterocycles. The maximum atomic E-state index is 12.0. The number of thioether (sulfide) groups is 1. The van der Waals surface area contributed by atoms with Crippen molar-refractivity contribution in [1.29, 1.82) is 0 Å². The number of amides is 1. The fourth-order valence-electron chi connectivity index (χ4n) is 1.79. The van der Waals surface area contributed by atoms with Crippen LogP contribution in [0.2, 0.25) is 0 Å². The second kappa shape index (κ2) is 7.40. The van der Waals surface area contributed by atoms with Crippen molar-refractivity contribution in [3.05, 3.63) is 35.9 Å². The highest BCUT2D eigenvalue weighted by Crippen LogP contribution is 2.26. The lowest BCUT2D eigenvalue weighted by Crippen LogP contribution is -2.14. The second-order valence-electron chi connectivity index (χ2n) is 4.37. The molecule has 1 aromatic carbocycles. The predicted octanol–water partition coefficient (Wildman–Crippen LogP) is 3.78. The maximum absolute atomic E-state index is 12.0.